The second-order valence-electron chi connectivity index (χ2n) is 3.32. The third kappa shape index (κ3) is 2.98. The van der Waals surface area contributed by atoms with Gasteiger partial charge in [-0.1, -0.05) is 0 Å². The number of aromatic nitrogens is 2. The van der Waals surface area contributed by atoms with E-state index in [0.717, 1.165) is 5.69 Å². The Hall–Kier alpha value is -1.53. The molecule has 2 rings (SSSR count). The van der Waals surface area contributed by atoms with Gasteiger partial charge in [0.15, 0.2) is 0 Å². The van der Waals surface area contributed by atoms with Gasteiger partial charge in [-0.15, -0.1) is 11.6 Å². The molecular formula is C10H10ClN3O2S. The van der Waals surface area contributed by atoms with E-state index >= 15 is 0 Å². The number of alkyl halides is 1. The SMILES string of the molecule is O=S(=O)(CCl)Nc1ccc(-n2cccn2)cc1. The fourth-order valence-electron chi connectivity index (χ4n) is 1.31. The molecule has 0 aliphatic heterocycles. The summed E-state index contributed by atoms with van der Waals surface area (Å²) < 4.78 is 26.5. The number of hydrogen-bond donors (Lipinski definition) is 1. The molecule has 5 nitrogen and oxygen atoms in total. The molecule has 0 spiro atoms. The Morgan fingerprint density at radius 2 is 2.00 bits per heavy atom. The molecule has 7 heteroatoms. The van der Waals surface area contributed by atoms with Crippen LogP contribution in [0.3, 0.4) is 0 Å². The van der Waals surface area contributed by atoms with Gasteiger partial charge >= 0.3 is 0 Å². The minimum absolute atomic E-state index is 0.464. The van der Waals surface area contributed by atoms with E-state index < -0.39 is 15.2 Å². The molecule has 17 heavy (non-hydrogen) atoms. The topological polar surface area (TPSA) is 64.0 Å². The minimum atomic E-state index is -3.45. The van der Waals surface area contributed by atoms with Crippen LogP contribution in [0.25, 0.3) is 5.69 Å². The zero-order chi connectivity index (χ0) is 12.3. The first-order chi connectivity index (χ1) is 8.11. The van der Waals surface area contributed by atoms with Crippen molar-refractivity contribution >= 4 is 27.3 Å². The number of anilines is 1. The number of nitrogens with zero attached hydrogens (tertiary/aromatic N) is 2. The van der Waals surface area contributed by atoms with E-state index in [0.29, 0.717) is 5.69 Å². The molecule has 90 valence electrons. The monoisotopic (exact) mass is 271 g/mol. The summed E-state index contributed by atoms with van der Waals surface area (Å²) in [4.78, 5) is 0. The van der Waals surface area contributed by atoms with Gasteiger partial charge in [-0.2, -0.15) is 5.10 Å². The van der Waals surface area contributed by atoms with Crippen LogP contribution in [0.2, 0.25) is 0 Å². The molecular weight excluding hydrogens is 262 g/mol. The summed E-state index contributed by atoms with van der Waals surface area (Å²) in [5.41, 5.74) is 1.32. The molecule has 0 aliphatic carbocycles. The highest BCUT2D eigenvalue weighted by molar-refractivity contribution is 7.93. The lowest BCUT2D eigenvalue weighted by Gasteiger charge is -2.06. The lowest BCUT2D eigenvalue weighted by atomic mass is 10.3. The quantitative estimate of drug-likeness (QED) is 0.863. The normalized spacial score (nSPS) is 11.4. The second kappa shape index (κ2) is 4.77. The van der Waals surface area contributed by atoms with Gasteiger partial charge in [-0.25, -0.2) is 13.1 Å². The van der Waals surface area contributed by atoms with E-state index in [1.54, 1.807) is 41.3 Å². The average molecular weight is 272 g/mol. The van der Waals surface area contributed by atoms with Crippen LogP contribution in [-0.4, -0.2) is 23.4 Å². The summed E-state index contributed by atoms with van der Waals surface area (Å²) in [5, 5.41) is 3.60. The van der Waals surface area contributed by atoms with Crippen LogP contribution in [0.4, 0.5) is 5.69 Å². The molecule has 1 aromatic heterocycles. The molecule has 0 fully saturated rings. The van der Waals surface area contributed by atoms with Crippen LogP contribution in [0.5, 0.6) is 0 Å². The molecule has 1 N–H and O–H groups in total. The maximum atomic E-state index is 11.2. The second-order valence-corrected chi connectivity index (χ2v) is 5.63. The van der Waals surface area contributed by atoms with Crippen LogP contribution in [0, 0.1) is 0 Å². The van der Waals surface area contributed by atoms with Crippen LogP contribution in [0.15, 0.2) is 42.7 Å². The van der Waals surface area contributed by atoms with Gasteiger partial charge in [0.25, 0.3) is 0 Å². The van der Waals surface area contributed by atoms with Gasteiger partial charge in [-0.05, 0) is 30.3 Å². The number of rotatable bonds is 4. The first-order valence-corrected chi connectivity index (χ1v) is 6.96. The number of halogens is 1. The zero-order valence-corrected chi connectivity index (χ0v) is 10.3. The maximum Gasteiger partial charge on any atom is 0.246 e. The Morgan fingerprint density at radius 1 is 1.29 bits per heavy atom. The highest BCUT2D eigenvalue weighted by Crippen LogP contribution is 2.14. The number of sulfonamides is 1. The van der Waals surface area contributed by atoms with Gasteiger partial charge in [0.1, 0.15) is 5.21 Å². The highest BCUT2D eigenvalue weighted by Gasteiger charge is 2.07. The lowest BCUT2D eigenvalue weighted by Crippen LogP contribution is -2.13. The van der Waals surface area contributed by atoms with Gasteiger partial charge in [0, 0.05) is 18.1 Å². The number of benzene rings is 1. The molecule has 0 radical (unpaired) electrons. The van der Waals surface area contributed by atoms with Gasteiger partial charge in [0.05, 0.1) is 5.69 Å². The molecule has 1 aromatic carbocycles. The van der Waals surface area contributed by atoms with Crippen LogP contribution < -0.4 is 4.72 Å². The molecule has 0 unspecified atom stereocenters. The van der Waals surface area contributed by atoms with E-state index in [-0.39, 0.29) is 0 Å². The van der Waals surface area contributed by atoms with Crippen molar-refractivity contribution in [3.63, 3.8) is 0 Å². The van der Waals surface area contributed by atoms with E-state index in [2.05, 4.69) is 9.82 Å². The zero-order valence-electron chi connectivity index (χ0n) is 8.75. The summed E-state index contributed by atoms with van der Waals surface area (Å²) >= 11 is 5.29. The predicted molar refractivity (Wildman–Crippen MR) is 66.8 cm³/mol. The van der Waals surface area contributed by atoms with Crippen molar-refractivity contribution < 1.29 is 8.42 Å². The van der Waals surface area contributed by atoms with E-state index in [1.165, 1.54) is 0 Å². The molecule has 2 aromatic rings. The van der Waals surface area contributed by atoms with E-state index in [1.807, 2.05) is 6.07 Å². The molecule has 0 atom stereocenters. The largest absolute Gasteiger partial charge is 0.283 e. The van der Waals surface area contributed by atoms with Crippen molar-refractivity contribution in [1.29, 1.82) is 0 Å². The lowest BCUT2D eigenvalue weighted by molar-refractivity contribution is 0.605. The van der Waals surface area contributed by atoms with Crippen molar-refractivity contribution in [2.24, 2.45) is 0 Å². The summed E-state index contributed by atoms with van der Waals surface area (Å²) in [6, 6.07) is 8.64. The summed E-state index contributed by atoms with van der Waals surface area (Å²) in [6.07, 6.45) is 3.47. The Morgan fingerprint density at radius 3 is 2.53 bits per heavy atom. The summed E-state index contributed by atoms with van der Waals surface area (Å²) in [7, 11) is -3.45. The third-order valence-electron chi connectivity index (χ3n) is 2.05. The fraction of sp³-hybridized carbons (Fsp3) is 0.100. The Bertz CT molecular complexity index is 579. The van der Waals surface area contributed by atoms with Crippen molar-refractivity contribution in [2.45, 2.75) is 0 Å². The average Bonchev–Trinajstić information content (AvgIpc) is 2.83. The Kier molecular flexibility index (Phi) is 3.35. The number of nitrogens with one attached hydrogen (secondary N) is 1. The Labute approximate surface area is 104 Å². The first kappa shape index (κ1) is 11.9. The summed E-state index contributed by atoms with van der Waals surface area (Å²) in [6.45, 7) is 0. The van der Waals surface area contributed by atoms with Crippen molar-refractivity contribution in [3.05, 3.63) is 42.7 Å². The van der Waals surface area contributed by atoms with E-state index in [9.17, 15) is 8.42 Å². The van der Waals surface area contributed by atoms with Gasteiger partial charge in [-0.3, -0.25) is 4.72 Å². The highest BCUT2D eigenvalue weighted by atomic mass is 35.5. The molecule has 0 saturated carbocycles. The van der Waals surface area contributed by atoms with Crippen LogP contribution >= 0.6 is 11.6 Å². The molecule has 0 amide bonds. The van der Waals surface area contributed by atoms with Gasteiger partial charge in [0.2, 0.25) is 10.0 Å². The van der Waals surface area contributed by atoms with Crippen molar-refractivity contribution in [2.75, 3.05) is 9.93 Å². The van der Waals surface area contributed by atoms with Crippen molar-refractivity contribution in [1.82, 2.24) is 9.78 Å². The van der Waals surface area contributed by atoms with E-state index in [4.69, 9.17) is 11.6 Å². The maximum absolute atomic E-state index is 11.2. The third-order valence-corrected chi connectivity index (χ3v) is 3.75. The fourth-order valence-corrected chi connectivity index (χ4v) is 2.02. The van der Waals surface area contributed by atoms with Gasteiger partial charge < -0.3 is 0 Å². The summed E-state index contributed by atoms with van der Waals surface area (Å²) in [5.74, 6) is 0. The first-order valence-electron chi connectivity index (χ1n) is 4.77. The smallest absolute Gasteiger partial charge is 0.246 e. The Balaban J connectivity index is 2.19. The van der Waals surface area contributed by atoms with Crippen molar-refractivity contribution in [3.8, 4) is 5.69 Å². The molecule has 0 aliphatic rings. The predicted octanol–water partition coefficient (Wildman–Crippen LogP) is 1.81. The standard InChI is InChI=1S/C10H10ClN3O2S/c11-8-17(15,16)13-9-2-4-10(5-3-9)14-7-1-6-12-14/h1-7,13H,8H2. The number of hydrogen-bond acceptors (Lipinski definition) is 3. The molecule has 0 bridgehead atoms. The van der Waals surface area contributed by atoms with Crippen LogP contribution in [0.1, 0.15) is 0 Å². The molecule has 0 saturated heterocycles. The van der Waals surface area contributed by atoms with Crippen LogP contribution in [-0.2, 0) is 10.0 Å². The molecule has 1 heterocycles. The minimum Gasteiger partial charge on any atom is -0.283 e.